The smallest absolute Gasteiger partial charge is 0.229 e. The number of nitrogens with one attached hydrogen (secondary N) is 1. The summed E-state index contributed by atoms with van der Waals surface area (Å²) in [4.78, 5) is 12.5. The van der Waals surface area contributed by atoms with Gasteiger partial charge in [-0.25, -0.2) is 12.7 Å². The molecule has 1 aromatic carbocycles. The summed E-state index contributed by atoms with van der Waals surface area (Å²) >= 11 is 2.94. The summed E-state index contributed by atoms with van der Waals surface area (Å²) in [5.74, 6) is 0.571. The van der Waals surface area contributed by atoms with Crippen LogP contribution in [0.3, 0.4) is 0 Å². The highest BCUT2D eigenvalue weighted by atomic mass is 32.2. The number of thioether (sulfide) groups is 1. The molecule has 1 amide bonds. The average Bonchev–Trinajstić information content (AvgIpc) is 3.11. The van der Waals surface area contributed by atoms with Crippen LogP contribution in [0.2, 0.25) is 0 Å². The fourth-order valence-electron chi connectivity index (χ4n) is 3.03. The van der Waals surface area contributed by atoms with Gasteiger partial charge in [-0.05, 0) is 31.1 Å². The van der Waals surface area contributed by atoms with E-state index in [9.17, 15) is 13.2 Å². The Bertz CT molecular complexity index is 904. The fraction of sp³-hybridized carbons (Fsp3) is 0.500. The van der Waals surface area contributed by atoms with Crippen LogP contribution in [0.25, 0.3) is 0 Å². The first-order valence-electron chi connectivity index (χ1n) is 9.18. The summed E-state index contributed by atoms with van der Waals surface area (Å²) in [6.45, 7) is 4.73. The number of amides is 1. The van der Waals surface area contributed by atoms with Gasteiger partial charge in [0.2, 0.25) is 21.1 Å². The van der Waals surface area contributed by atoms with Gasteiger partial charge < -0.3 is 5.32 Å². The Morgan fingerprint density at radius 3 is 2.57 bits per heavy atom. The SMILES string of the molecule is CCSc1nnc(NC(=O)C2CCN(S(=O)(=O)Cc3ccc(C)cc3)CC2)s1. The number of nitrogens with zero attached hydrogens (tertiary/aromatic N) is 3. The van der Waals surface area contributed by atoms with E-state index in [-0.39, 0.29) is 17.6 Å². The van der Waals surface area contributed by atoms with Crippen molar-refractivity contribution in [3.63, 3.8) is 0 Å². The van der Waals surface area contributed by atoms with Crippen molar-refractivity contribution in [2.75, 3.05) is 24.2 Å². The number of anilines is 1. The third kappa shape index (κ3) is 5.53. The monoisotopic (exact) mass is 440 g/mol. The molecule has 152 valence electrons. The Hall–Kier alpha value is -1.49. The van der Waals surface area contributed by atoms with Crippen LogP contribution in [0.5, 0.6) is 0 Å². The molecule has 0 unspecified atom stereocenters. The van der Waals surface area contributed by atoms with Crippen molar-refractivity contribution in [3.8, 4) is 0 Å². The maximum absolute atomic E-state index is 12.7. The minimum absolute atomic E-state index is 0.00714. The molecule has 2 aromatic rings. The van der Waals surface area contributed by atoms with Crippen molar-refractivity contribution in [1.82, 2.24) is 14.5 Å². The molecule has 3 rings (SSSR count). The lowest BCUT2D eigenvalue weighted by molar-refractivity contribution is -0.120. The summed E-state index contributed by atoms with van der Waals surface area (Å²) < 4.78 is 27.7. The van der Waals surface area contributed by atoms with Gasteiger partial charge in [-0.15, -0.1) is 10.2 Å². The summed E-state index contributed by atoms with van der Waals surface area (Å²) in [6.07, 6.45) is 1.02. The van der Waals surface area contributed by atoms with Crippen molar-refractivity contribution in [2.45, 2.75) is 36.8 Å². The van der Waals surface area contributed by atoms with Crippen LogP contribution in [-0.2, 0) is 20.6 Å². The van der Waals surface area contributed by atoms with E-state index in [1.807, 2.05) is 38.1 Å². The second-order valence-corrected chi connectivity index (χ2v) is 11.2. The van der Waals surface area contributed by atoms with Crippen LogP contribution < -0.4 is 5.32 Å². The molecular weight excluding hydrogens is 416 g/mol. The predicted octanol–water partition coefficient (Wildman–Crippen LogP) is 3.14. The standard InChI is InChI=1S/C18H24N4O3S3/c1-3-26-18-21-20-17(27-18)19-16(23)15-8-10-22(11-9-15)28(24,25)12-14-6-4-13(2)5-7-14/h4-7,15H,3,8-12H2,1-2H3,(H,19,20,23). The minimum Gasteiger partial charge on any atom is -0.300 e. The molecule has 1 N–H and O–H groups in total. The highest BCUT2D eigenvalue weighted by Crippen LogP contribution is 2.27. The number of hydrogen-bond acceptors (Lipinski definition) is 7. The first kappa shape index (κ1) is 21.2. The van der Waals surface area contributed by atoms with Gasteiger partial charge in [-0.1, -0.05) is 59.9 Å². The van der Waals surface area contributed by atoms with Crippen molar-refractivity contribution in [3.05, 3.63) is 35.4 Å². The van der Waals surface area contributed by atoms with E-state index in [1.54, 1.807) is 11.8 Å². The first-order chi connectivity index (χ1) is 13.4. The summed E-state index contributed by atoms with van der Waals surface area (Å²) in [7, 11) is -3.38. The van der Waals surface area contributed by atoms with Gasteiger partial charge in [0.15, 0.2) is 4.34 Å². The van der Waals surface area contributed by atoms with Crippen LogP contribution in [0, 0.1) is 12.8 Å². The molecule has 1 aromatic heterocycles. The van der Waals surface area contributed by atoms with E-state index in [1.165, 1.54) is 15.6 Å². The molecule has 2 heterocycles. The number of aryl methyl sites for hydroxylation is 1. The molecule has 1 saturated heterocycles. The number of rotatable bonds is 7. The van der Waals surface area contributed by atoms with Gasteiger partial charge in [-0.3, -0.25) is 4.79 Å². The summed E-state index contributed by atoms with van der Waals surface area (Å²) in [5, 5.41) is 11.3. The van der Waals surface area contributed by atoms with E-state index < -0.39 is 10.0 Å². The number of sulfonamides is 1. The van der Waals surface area contributed by atoms with E-state index in [4.69, 9.17) is 0 Å². The van der Waals surface area contributed by atoms with Gasteiger partial charge in [0.05, 0.1) is 5.75 Å². The summed E-state index contributed by atoms with van der Waals surface area (Å²) in [5.41, 5.74) is 1.88. The number of benzene rings is 1. The zero-order valence-corrected chi connectivity index (χ0v) is 18.4. The highest BCUT2D eigenvalue weighted by molar-refractivity contribution is 8.01. The molecule has 1 aliphatic heterocycles. The van der Waals surface area contributed by atoms with Gasteiger partial charge in [-0.2, -0.15) is 0 Å². The molecule has 1 fully saturated rings. The average molecular weight is 441 g/mol. The fourth-order valence-corrected chi connectivity index (χ4v) is 6.25. The Balaban J connectivity index is 1.52. The Kier molecular flexibility index (Phi) is 7.08. The molecule has 10 heteroatoms. The van der Waals surface area contributed by atoms with Crippen molar-refractivity contribution in [1.29, 1.82) is 0 Å². The number of hydrogen-bond donors (Lipinski definition) is 1. The molecule has 28 heavy (non-hydrogen) atoms. The van der Waals surface area contributed by atoms with Gasteiger partial charge in [0, 0.05) is 19.0 Å². The third-order valence-electron chi connectivity index (χ3n) is 4.59. The van der Waals surface area contributed by atoms with E-state index in [0.717, 1.165) is 21.2 Å². The van der Waals surface area contributed by atoms with E-state index in [0.29, 0.717) is 31.1 Å². The van der Waals surface area contributed by atoms with E-state index in [2.05, 4.69) is 15.5 Å². The minimum atomic E-state index is -3.38. The van der Waals surface area contributed by atoms with Gasteiger partial charge in [0.25, 0.3) is 0 Å². The van der Waals surface area contributed by atoms with Crippen LogP contribution >= 0.6 is 23.1 Å². The van der Waals surface area contributed by atoms with Crippen LogP contribution in [0.4, 0.5) is 5.13 Å². The predicted molar refractivity (Wildman–Crippen MR) is 113 cm³/mol. The Morgan fingerprint density at radius 1 is 1.25 bits per heavy atom. The molecular formula is C18H24N4O3S3. The summed E-state index contributed by atoms with van der Waals surface area (Å²) in [6, 6.07) is 7.53. The topological polar surface area (TPSA) is 92.3 Å². The number of carbonyl (C=O) groups excluding carboxylic acids is 1. The molecule has 1 aliphatic rings. The lowest BCUT2D eigenvalue weighted by Crippen LogP contribution is -2.41. The van der Waals surface area contributed by atoms with Crippen molar-refractivity contribution in [2.24, 2.45) is 5.92 Å². The van der Waals surface area contributed by atoms with Gasteiger partial charge in [0.1, 0.15) is 0 Å². The molecule has 0 spiro atoms. The number of carbonyl (C=O) groups is 1. The second kappa shape index (κ2) is 9.34. The van der Waals surface area contributed by atoms with Crippen molar-refractivity contribution >= 4 is 44.2 Å². The van der Waals surface area contributed by atoms with Crippen LogP contribution in [0.15, 0.2) is 28.6 Å². The lowest BCUT2D eigenvalue weighted by Gasteiger charge is -2.30. The van der Waals surface area contributed by atoms with Crippen LogP contribution in [-0.4, -0.2) is 47.7 Å². The van der Waals surface area contributed by atoms with Crippen molar-refractivity contribution < 1.29 is 13.2 Å². The Morgan fingerprint density at radius 2 is 1.93 bits per heavy atom. The number of piperidine rings is 1. The largest absolute Gasteiger partial charge is 0.300 e. The molecule has 0 saturated carbocycles. The molecule has 0 bridgehead atoms. The highest BCUT2D eigenvalue weighted by Gasteiger charge is 2.31. The maximum Gasteiger partial charge on any atom is 0.229 e. The number of aromatic nitrogens is 2. The third-order valence-corrected chi connectivity index (χ3v) is 8.30. The maximum atomic E-state index is 12.7. The first-order valence-corrected chi connectivity index (χ1v) is 12.6. The zero-order valence-electron chi connectivity index (χ0n) is 15.9. The van der Waals surface area contributed by atoms with Gasteiger partial charge >= 0.3 is 0 Å². The Labute approximate surface area is 174 Å². The molecule has 0 radical (unpaired) electrons. The molecule has 0 aliphatic carbocycles. The second-order valence-electron chi connectivity index (χ2n) is 6.71. The van der Waals surface area contributed by atoms with Crippen LogP contribution in [0.1, 0.15) is 30.9 Å². The van der Waals surface area contributed by atoms with E-state index >= 15 is 0 Å². The lowest BCUT2D eigenvalue weighted by atomic mass is 9.97. The zero-order chi connectivity index (χ0) is 20.1. The normalized spacial score (nSPS) is 16.2. The molecule has 7 nitrogen and oxygen atoms in total. The molecule has 0 atom stereocenters. The quantitative estimate of drug-likeness (QED) is 0.525.